The van der Waals surface area contributed by atoms with Crippen molar-refractivity contribution in [2.24, 2.45) is 5.73 Å². The summed E-state index contributed by atoms with van der Waals surface area (Å²) in [6.07, 6.45) is 0.593. The van der Waals surface area contributed by atoms with Gasteiger partial charge in [0.05, 0.1) is 16.1 Å². The van der Waals surface area contributed by atoms with Crippen molar-refractivity contribution >= 4 is 29.3 Å². The van der Waals surface area contributed by atoms with Crippen LogP contribution in [0.15, 0.2) is 36.4 Å². The van der Waals surface area contributed by atoms with E-state index >= 15 is 4.39 Å². The van der Waals surface area contributed by atoms with Gasteiger partial charge in [-0.25, -0.2) is 9.18 Å². The first-order valence-electron chi connectivity index (χ1n) is 9.06. The molecular formula is C21H22ClFN2O4. The number of carbonyl (C=O) groups is 3. The Hall–Kier alpha value is -2.77. The lowest BCUT2D eigenvalue weighted by Gasteiger charge is -2.23. The lowest BCUT2D eigenvalue weighted by Crippen LogP contribution is -2.34. The molecule has 0 aromatic heterocycles. The molecule has 0 unspecified atom stereocenters. The van der Waals surface area contributed by atoms with Gasteiger partial charge in [0, 0.05) is 29.6 Å². The molecule has 2 aromatic rings. The number of amides is 1. The van der Waals surface area contributed by atoms with Gasteiger partial charge in [0.2, 0.25) is 5.91 Å². The minimum Gasteiger partial charge on any atom is -0.478 e. The second kappa shape index (κ2) is 9.62. The van der Waals surface area contributed by atoms with Crippen LogP contribution in [0.4, 0.5) is 4.39 Å². The van der Waals surface area contributed by atoms with Gasteiger partial charge in [0.25, 0.3) is 0 Å². The van der Waals surface area contributed by atoms with Crippen molar-refractivity contribution < 1.29 is 23.9 Å². The van der Waals surface area contributed by atoms with Crippen LogP contribution in [0, 0.1) is 5.82 Å². The van der Waals surface area contributed by atoms with Crippen molar-refractivity contribution in [3.8, 4) is 0 Å². The zero-order valence-electron chi connectivity index (χ0n) is 16.0. The van der Waals surface area contributed by atoms with Crippen LogP contribution in [0.3, 0.4) is 0 Å². The molecular weight excluding hydrogens is 399 g/mol. The number of nitrogens with two attached hydrogens (primary N) is 1. The normalized spacial score (nSPS) is 13.0. The van der Waals surface area contributed by atoms with E-state index in [1.807, 2.05) is 6.92 Å². The summed E-state index contributed by atoms with van der Waals surface area (Å²) in [6.45, 7) is 3.60. The lowest BCUT2D eigenvalue weighted by atomic mass is 9.95. The maximum atomic E-state index is 15.3. The molecule has 0 spiro atoms. The highest BCUT2D eigenvalue weighted by atomic mass is 35.5. The number of halogens is 2. The molecule has 0 aliphatic heterocycles. The molecule has 2 rings (SSSR count). The number of primary amides is 1. The van der Waals surface area contributed by atoms with Crippen LogP contribution in [-0.4, -0.2) is 28.8 Å². The largest absolute Gasteiger partial charge is 0.478 e. The van der Waals surface area contributed by atoms with Crippen LogP contribution in [0.2, 0.25) is 5.02 Å². The Balaban J connectivity index is 2.39. The van der Waals surface area contributed by atoms with Crippen molar-refractivity contribution in [1.29, 1.82) is 0 Å². The van der Waals surface area contributed by atoms with Gasteiger partial charge in [-0.2, -0.15) is 0 Å². The Morgan fingerprint density at radius 2 is 1.72 bits per heavy atom. The van der Waals surface area contributed by atoms with Crippen molar-refractivity contribution in [2.45, 2.75) is 38.8 Å². The smallest absolute Gasteiger partial charge is 0.335 e. The van der Waals surface area contributed by atoms with Crippen molar-refractivity contribution in [2.75, 3.05) is 0 Å². The molecule has 0 radical (unpaired) electrons. The van der Waals surface area contributed by atoms with E-state index in [1.165, 1.54) is 36.4 Å². The first kappa shape index (κ1) is 22.5. The minimum atomic E-state index is -1.13. The number of hydrogen-bond acceptors (Lipinski definition) is 4. The number of carbonyl (C=O) groups excluding carboxylic acids is 2. The maximum Gasteiger partial charge on any atom is 0.335 e. The van der Waals surface area contributed by atoms with Gasteiger partial charge in [0.1, 0.15) is 5.82 Å². The number of rotatable bonds is 9. The monoisotopic (exact) mass is 420 g/mol. The van der Waals surface area contributed by atoms with Gasteiger partial charge in [-0.15, -0.1) is 0 Å². The molecule has 2 atom stereocenters. The molecule has 0 aliphatic carbocycles. The molecule has 154 valence electrons. The average molecular weight is 421 g/mol. The molecule has 4 N–H and O–H groups in total. The van der Waals surface area contributed by atoms with Gasteiger partial charge >= 0.3 is 5.97 Å². The van der Waals surface area contributed by atoms with Gasteiger partial charge < -0.3 is 16.2 Å². The molecule has 0 fully saturated rings. The molecule has 1 amide bonds. The molecule has 0 saturated heterocycles. The summed E-state index contributed by atoms with van der Waals surface area (Å²) in [5.74, 6) is -3.00. The minimum absolute atomic E-state index is 0.0144. The van der Waals surface area contributed by atoms with E-state index in [9.17, 15) is 14.4 Å². The van der Waals surface area contributed by atoms with E-state index < -0.39 is 29.5 Å². The van der Waals surface area contributed by atoms with E-state index in [4.69, 9.17) is 22.4 Å². The average Bonchev–Trinajstić information content (AvgIpc) is 2.66. The van der Waals surface area contributed by atoms with Crippen LogP contribution in [0.1, 0.15) is 64.6 Å². The Morgan fingerprint density at radius 3 is 2.24 bits per heavy atom. The Kier molecular flexibility index (Phi) is 7.47. The van der Waals surface area contributed by atoms with Crippen LogP contribution < -0.4 is 11.1 Å². The lowest BCUT2D eigenvalue weighted by molar-refractivity contribution is -0.118. The highest BCUT2D eigenvalue weighted by Crippen LogP contribution is 2.30. The quantitative estimate of drug-likeness (QED) is 0.535. The van der Waals surface area contributed by atoms with Crippen LogP contribution in [-0.2, 0) is 4.79 Å². The number of hydrogen-bond donors (Lipinski definition) is 3. The van der Waals surface area contributed by atoms with Gasteiger partial charge in [-0.1, -0.05) is 36.7 Å². The van der Waals surface area contributed by atoms with E-state index in [1.54, 1.807) is 6.92 Å². The van der Waals surface area contributed by atoms with E-state index in [-0.39, 0.29) is 39.7 Å². The third-order valence-corrected chi connectivity index (χ3v) is 4.83. The fourth-order valence-corrected chi connectivity index (χ4v) is 3.32. The predicted molar refractivity (Wildman–Crippen MR) is 108 cm³/mol. The SMILES string of the molecule is CC[C@@H](N[C@@H](C)CC(N)=O)c1ccc(Cl)c(C(=O)c2ccc(C(=O)O)cc2)c1F. The number of ketones is 1. The third kappa shape index (κ3) is 5.40. The second-order valence-electron chi connectivity index (χ2n) is 6.74. The van der Waals surface area contributed by atoms with Crippen molar-refractivity contribution in [3.05, 3.63) is 69.5 Å². The fourth-order valence-electron chi connectivity index (χ4n) is 3.09. The number of nitrogens with one attached hydrogen (secondary N) is 1. The zero-order chi connectivity index (χ0) is 21.7. The topological polar surface area (TPSA) is 109 Å². The van der Waals surface area contributed by atoms with E-state index in [0.717, 1.165) is 0 Å². The maximum absolute atomic E-state index is 15.3. The number of carboxylic acids is 1. The molecule has 0 saturated carbocycles. The summed E-state index contributed by atoms with van der Waals surface area (Å²) in [5, 5.41) is 12.1. The fraction of sp³-hybridized carbons (Fsp3) is 0.286. The van der Waals surface area contributed by atoms with Gasteiger partial charge in [0.15, 0.2) is 5.78 Å². The Bertz CT molecular complexity index is 931. The molecule has 0 heterocycles. The first-order chi connectivity index (χ1) is 13.6. The van der Waals surface area contributed by atoms with Crippen LogP contribution >= 0.6 is 11.6 Å². The van der Waals surface area contributed by atoms with E-state index in [2.05, 4.69) is 5.32 Å². The standard InChI is InChI=1S/C21H22ClFN2O4/c1-3-16(25-11(2)10-17(24)26)14-8-9-15(22)18(19(14)23)20(27)12-4-6-13(7-5-12)21(28)29/h4-9,11,16,25H,3,10H2,1-2H3,(H2,24,26)(H,28,29)/t11-,16+/m0/s1. The summed E-state index contributed by atoms with van der Waals surface area (Å²) in [4.78, 5) is 34.9. The molecule has 0 bridgehead atoms. The summed E-state index contributed by atoms with van der Waals surface area (Å²) in [5.41, 5.74) is 5.31. The number of benzene rings is 2. The van der Waals surface area contributed by atoms with Gasteiger partial charge in [-0.3, -0.25) is 9.59 Å². The highest BCUT2D eigenvalue weighted by molar-refractivity contribution is 6.35. The Labute approximate surface area is 172 Å². The molecule has 6 nitrogen and oxygen atoms in total. The Morgan fingerprint density at radius 1 is 1.14 bits per heavy atom. The summed E-state index contributed by atoms with van der Waals surface area (Å²) < 4.78 is 15.3. The highest BCUT2D eigenvalue weighted by Gasteiger charge is 2.25. The summed E-state index contributed by atoms with van der Waals surface area (Å²) >= 11 is 6.11. The second-order valence-corrected chi connectivity index (χ2v) is 7.14. The number of carboxylic acid groups (broad SMARTS) is 1. The van der Waals surface area contributed by atoms with Crippen molar-refractivity contribution in [3.63, 3.8) is 0 Å². The molecule has 2 aromatic carbocycles. The van der Waals surface area contributed by atoms with Gasteiger partial charge in [-0.05, 0) is 31.5 Å². The third-order valence-electron chi connectivity index (χ3n) is 4.52. The zero-order valence-corrected chi connectivity index (χ0v) is 16.8. The van der Waals surface area contributed by atoms with Crippen LogP contribution in [0.5, 0.6) is 0 Å². The summed E-state index contributed by atoms with van der Waals surface area (Å²) in [7, 11) is 0. The predicted octanol–water partition coefficient (Wildman–Crippen LogP) is 3.71. The molecule has 8 heteroatoms. The summed E-state index contributed by atoms with van der Waals surface area (Å²) in [6, 6.07) is 7.39. The van der Waals surface area contributed by atoms with Crippen molar-refractivity contribution in [1.82, 2.24) is 5.32 Å². The van der Waals surface area contributed by atoms with E-state index in [0.29, 0.717) is 6.42 Å². The molecule has 0 aliphatic rings. The molecule has 29 heavy (non-hydrogen) atoms. The van der Waals surface area contributed by atoms with Crippen LogP contribution in [0.25, 0.3) is 0 Å². The number of aromatic carboxylic acids is 1. The first-order valence-corrected chi connectivity index (χ1v) is 9.43.